The van der Waals surface area contributed by atoms with E-state index in [-0.39, 0.29) is 0 Å². The number of nitrogen functional groups attached to an aromatic ring is 1. The highest BCUT2D eigenvalue weighted by molar-refractivity contribution is 6.33. The molecule has 0 aliphatic carbocycles. The van der Waals surface area contributed by atoms with Crippen LogP contribution < -0.4 is 5.73 Å². The maximum absolute atomic E-state index is 6.13. The lowest BCUT2D eigenvalue weighted by Gasteiger charge is -2.01. The maximum Gasteiger partial charge on any atom is 0.261 e. The highest BCUT2D eigenvalue weighted by Gasteiger charge is 2.15. The van der Waals surface area contributed by atoms with Crippen LogP contribution in [0, 0.1) is 6.92 Å². The average Bonchev–Trinajstić information content (AvgIpc) is 2.89. The number of aromatic nitrogens is 2. The minimum Gasteiger partial charge on any atom is -0.398 e. The molecule has 0 spiro atoms. The largest absolute Gasteiger partial charge is 0.398 e. The molecule has 0 saturated carbocycles. The molecule has 2 aromatic carbocycles. The summed E-state index contributed by atoms with van der Waals surface area (Å²) in [5, 5.41) is 4.46. The summed E-state index contributed by atoms with van der Waals surface area (Å²) in [7, 11) is 0. The number of hydrogen-bond donors (Lipinski definition) is 1. The van der Waals surface area contributed by atoms with E-state index in [4.69, 9.17) is 21.9 Å². The van der Waals surface area contributed by atoms with Gasteiger partial charge in [-0.3, -0.25) is 0 Å². The van der Waals surface area contributed by atoms with E-state index in [1.807, 2.05) is 31.2 Å². The van der Waals surface area contributed by atoms with Gasteiger partial charge in [-0.25, -0.2) is 0 Å². The van der Waals surface area contributed by atoms with Gasteiger partial charge in [0.25, 0.3) is 5.89 Å². The van der Waals surface area contributed by atoms with Crippen LogP contribution in [-0.4, -0.2) is 10.1 Å². The SMILES string of the molecule is Cc1ccc(-c2noc(-c3c(N)cccc3Cl)n2)cc1. The molecule has 0 aliphatic rings. The Morgan fingerprint density at radius 3 is 2.55 bits per heavy atom. The van der Waals surface area contributed by atoms with Crippen LogP contribution in [0.4, 0.5) is 5.69 Å². The van der Waals surface area contributed by atoms with Crippen LogP contribution in [0.15, 0.2) is 47.0 Å². The zero-order valence-electron chi connectivity index (χ0n) is 10.8. The van der Waals surface area contributed by atoms with Crippen molar-refractivity contribution in [2.24, 2.45) is 0 Å². The van der Waals surface area contributed by atoms with Gasteiger partial charge >= 0.3 is 0 Å². The second kappa shape index (κ2) is 4.98. The van der Waals surface area contributed by atoms with E-state index in [2.05, 4.69) is 10.1 Å². The second-order valence-corrected chi connectivity index (χ2v) is 4.90. The van der Waals surface area contributed by atoms with Crippen molar-refractivity contribution in [2.45, 2.75) is 6.92 Å². The Bertz CT molecular complexity index is 730. The van der Waals surface area contributed by atoms with Gasteiger partial charge in [0.15, 0.2) is 0 Å². The molecule has 100 valence electrons. The van der Waals surface area contributed by atoms with Crippen molar-refractivity contribution in [3.05, 3.63) is 53.1 Å². The van der Waals surface area contributed by atoms with Crippen LogP contribution in [0.1, 0.15) is 5.56 Å². The number of halogens is 1. The molecule has 0 fully saturated rings. The summed E-state index contributed by atoms with van der Waals surface area (Å²) >= 11 is 6.13. The molecule has 0 bridgehead atoms. The first-order valence-electron chi connectivity index (χ1n) is 6.10. The fourth-order valence-electron chi connectivity index (χ4n) is 1.91. The van der Waals surface area contributed by atoms with Crippen LogP contribution in [0.25, 0.3) is 22.8 Å². The number of anilines is 1. The molecule has 4 nitrogen and oxygen atoms in total. The standard InChI is InChI=1S/C15H12ClN3O/c1-9-5-7-10(8-6-9)14-18-15(20-19-14)13-11(16)3-2-4-12(13)17/h2-8H,17H2,1H3. The van der Waals surface area contributed by atoms with Gasteiger partial charge in [-0.15, -0.1) is 0 Å². The van der Waals surface area contributed by atoms with E-state index in [0.29, 0.717) is 28.0 Å². The fraction of sp³-hybridized carbons (Fsp3) is 0.0667. The molecule has 0 unspecified atom stereocenters. The van der Waals surface area contributed by atoms with Crippen molar-refractivity contribution < 1.29 is 4.52 Å². The molecule has 1 aromatic heterocycles. The predicted octanol–water partition coefficient (Wildman–Crippen LogP) is 3.95. The lowest BCUT2D eigenvalue weighted by molar-refractivity contribution is 0.432. The number of nitrogens with zero attached hydrogens (tertiary/aromatic N) is 2. The lowest BCUT2D eigenvalue weighted by Crippen LogP contribution is -1.90. The predicted molar refractivity (Wildman–Crippen MR) is 79.3 cm³/mol. The summed E-state index contributed by atoms with van der Waals surface area (Å²) in [5.41, 5.74) is 9.05. The number of aryl methyl sites for hydroxylation is 1. The van der Waals surface area contributed by atoms with Crippen molar-refractivity contribution in [3.8, 4) is 22.8 Å². The Balaban J connectivity index is 2.04. The minimum absolute atomic E-state index is 0.323. The smallest absolute Gasteiger partial charge is 0.261 e. The minimum atomic E-state index is 0.323. The molecule has 5 heteroatoms. The average molecular weight is 286 g/mol. The summed E-state index contributed by atoms with van der Waals surface area (Å²) in [5.74, 6) is 0.836. The van der Waals surface area contributed by atoms with Gasteiger partial charge in [0.2, 0.25) is 5.82 Å². The Labute approximate surface area is 121 Å². The number of rotatable bonds is 2. The molecule has 0 atom stereocenters. The molecule has 3 rings (SSSR count). The summed E-state index contributed by atoms with van der Waals surface area (Å²) in [6.07, 6.45) is 0. The van der Waals surface area contributed by atoms with Crippen LogP contribution in [0.5, 0.6) is 0 Å². The summed E-state index contributed by atoms with van der Waals surface area (Å²) in [6.45, 7) is 2.02. The van der Waals surface area contributed by atoms with Gasteiger partial charge in [0.1, 0.15) is 0 Å². The van der Waals surface area contributed by atoms with Gasteiger partial charge in [-0.2, -0.15) is 4.98 Å². The lowest BCUT2D eigenvalue weighted by atomic mass is 10.1. The molecule has 20 heavy (non-hydrogen) atoms. The van der Waals surface area contributed by atoms with Crippen molar-refractivity contribution in [1.29, 1.82) is 0 Å². The molecule has 0 amide bonds. The highest BCUT2D eigenvalue weighted by Crippen LogP contribution is 2.33. The third-order valence-electron chi connectivity index (χ3n) is 3.00. The van der Waals surface area contributed by atoms with Crippen molar-refractivity contribution in [3.63, 3.8) is 0 Å². The third kappa shape index (κ3) is 2.26. The first kappa shape index (κ1) is 12.7. The monoisotopic (exact) mass is 285 g/mol. The fourth-order valence-corrected chi connectivity index (χ4v) is 2.17. The van der Waals surface area contributed by atoms with Gasteiger partial charge in [-0.1, -0.05) is 52.7 Å². The molecule has 0 radical (unpaired) electrons. The zero-order valence-corrected chi connectivity index (χ0v) is 11.6. The molecular formula is C15H12ClN3O. The third-order valence-corrected chi connectivity index (χ3v) is 3.31. The van der Waals surface area contributed by atoms with Crippen LogP contribution in [0.2, 0.25) is 5.02 Å². The van der Waals surface area contributed by atoms with Crippen LogP contribution in [-0.2, 0) is 0 Å². The molecule has 3 aromatic rings. The van der Waals surface area contributed by atoms with Gasteiger partial charge in [0, 0.05) is 11.3 Å². The van der Waals surface area contributed by atoms with E-state index in [1.165, 1.54) is 5.56 Å². The van der Waals surface area contributed by atoms with Gasteiger partial charge < -0.3 is 10.3 Å². The van der Waals surface area contributed by atoms with E-state index >= 15 is 0 Å². The summed E-state index contributed by atoms with van der Waals surface area (Å²) < 4.78 is 5.27. The maximum atomic E-state index is 6.13. The number of nitrogens with two attached hydrogens (primary N) is 1. The van der Waals surface area contributed by atoms with Crippen LogP contribution >= 0.6 is 11.6 Å². The topological polar surface area (TPSA) is 64.9 Å². The van der Waals surface area contributed by atoms with Gasteiger partial charge in [-0.05, 0) is 19.1 Å². The number of hydrogen-bond acceptors (Lipinski definition) is 4. The van der Waals surface area contributed by atoms with E-state index in [0.717, 1.165) is 5.56 Å². The van der Waals surface area contributed by atoms with E-state index in [9.17, 15) is 0 Å². The van der Waals surface area contributed by atoms with Gasteiger partial charge in [0.05, 0.1) is 10.6 Å². The zero-order chi connectivity index (χ0) is 14.1. The van der Waals surface area contributed by atoms with E-state index < -0.39 is 0 Å². The Morgan fingerprint density at radius 2 is 1.85 bits per heavy atom. The molecule has 0 saturated heterocycles. The number of benzene rings is 2. The molecular weight excluding hydrogens is 274 g/mol. The van der Waals surface area contributed by atoms with Crippen molar-refractivity contribution >= 4 is 17.3 Å². The highest BCUT2D eigenvalue weighted by atomic mass is 35.5. The summed E-state index contributed by atoms with van der Waals surface area (Å²) in [6, 6.07) is 13.1. The summed E-state index contributed by atoms with van der Waals surface area (Å²) in [4.78, 5) is 4.36. The Kier molecular flexibility index (Phi) is 3.16. The Morgan fingerprint density at radius 1 is 1.10 bits per heavy atom. The molecule has 1 heterocycles. The van der Waals surface area contributed by atoms with E-state index in [1.54, 1.807) is 18.2 Å². The van der Waals surface area contributed by atoms with Crippen LogP contribution in [0.3, 0.4) is 0 Å². The quantitative estimate of drug-likeness (QED) is 0.724. The normalized spacial score (nSPS) is 10.7. The van der Waals surface area contributed by atoms with Crippen molar-refractivity contribution in [1.82, 2.24) is 10.1 Å². The second-order valence-electron chi connectivity index (χ2n) is 4.49. The first-order valence-corrected chi connectivity index (χ1v) is 6.48. The molecule has 0 aliphatic heterocycles. The van der Waals surface area contributed by atoms with Crippen molar-refractivity contribution in [2.75, 3.05) is 5.73 Å². The first-order chi connectivity index (χ1) is 9.65. The Hall–Kier alpha value is -2.33. The molecule has 2 N–H and O–H groups in total.